The number of likely N-dealkylation sites (tertiary alicyclic amines) is 3. The molecule has 3 saturated heterocycles. The van der Waals surface area contributed by atoms with Gasteiger partial charge < -0.3 is 63.3 Å². The minimum absolute atomic E-state index is 0.0219. The van der Waals surface area contributed by atoms with Gasteiger partial charge in [-0.1, -0.05) is 31.2 Å². The first-order valence-corrected chi connectivity index (χ1v) is 30.3. The predicted octanol–water partition coefficient (Wildman–Crippen LogP) is 6.31. The number of aromatic nitrogens is 6. The van der Waals surface area contributed by atoms with Crippen LogP contribution in [0.3, 0.4) is 0 Å². The molecule has 0 unspecified atom stereocenters. The number of nitrogen functional groups attached to an aromatic ring is 3. The molecule has 12 N–H and O–H groups in total. The number of anilines is 3. The van der Waals surface area contributed by atoms with Crippen molar-refractivity contribution in [1.82, 2.24) is 44.0 Å². The van der Waals surface area contributed by atoms with Gasteiger partial charge in [-0.15, -0.1) is 0 Å². The lowest BCUT2D eigenvalue weighted by Crippen LogP contribution is -2.42. The third-order valence-electron chi connectivity index (χ3n) is 19.1. The SMILES string of the molecule is C=CC(=O)N1CCC2(CC(n3nc(-c4ccc(OC5CC5)cc4)c(C(N)=O)c3N)C2)C1.C=CC(=O)N1CCC2(CC(n3nc(-c4cccc(OC)c4)c(C(N)=O)c3N)C2)C1.CC#CC(=O)N1CCC2(CC(n3nc(-c4ccc(OC)cc4)c(C(N)=O)c3N)C2)C1. The molecule has 0 radical (unpaired) electrons. The minimum Gasteiger partial charge on any atom is -0.497 e. The van der Waals surface area contributed by atoms with Crippen LogP contribution in [-0.2, 0) is 14.4 Å². The Bertz CT molecular complexity index is 3890. The lowest BCUT2D eigenvalue weighted by molar-refractivity contribution is -0.126. The first-order valence-electron chi connectivity index (χ1n) is 30.3. The highest BCUT2D eigenvalue weighted by molar-refractivity contribution is 6.05. The zero-order valence-electron chi connectivity index (χ0n) is 51.0. The molecule has 24 heteroatoms. The Morgan fingerprint density at radius 2 is 0.911 bits per heavy atom. The number of hydrogen-bond donors (Lipinski definition) is 6. The van der Waals surface area contributed by atoms with Gasteiger partial charge in [-0.25, -0.2) is 14.0 Å². The summed E-state index contributed by atoms with van der Waals surface area (Å²) in [6.45, 7) is 13.2. The van der Waals surface area contributed by atoms with Crippen LogP contribution in [0.4, 0.5) is 17.5 Å². The van der Waals surface area contributed by atoms with Crippen LogP contribution in [0.2, 0.25) is 0 Å². The number of nitrogens with zero attached hydrogens (tertiary/aromatic N) is 9. The number of primary amides is 3. The Kier molecular flexibility index (Phi) is 16.8. The van der Waals surface area contributed by atoms with Crippen molar-refractivity contribution in [3.63, 3.8) is 0 Å². The van der Waals surface area contributed by atoms with Crippen molar-refractivity contribution >= 4 is 52.9 Å². The number of amides is 6. The van der Waals surface area contributed by atoms with Crippen LogP contribution in [0.5, 0.6) is 17.2 Å². The van der Waals surface area contributed by atoms with Gasteiger partial charge in [0.05, 0.1) is 38.4 Å². The summed E-state index contributed by atoms with van der Waals surface area (Å²) in [5, 5.41) is 14.0. The van der Waals surface area contributed by atoms with E-state index in [9.17, 15) is 28.8 Å². The molecule has 4 aliphatic carbocycles. The largest absolute Gasteiger partial charge is 0.497 e. The van der Waals surface area contributed by atoms with E-state index in [4.69, 9.17) is 53.7 Å². The first-order chi connectivity index (χ1) is 43.1. The maximum atomic E-state index is 12.2. The van der Waals surface area contributed by atoms with Crippen LogP contribution in [-0.4, -0.2) is 139 Å². The van der Waals surface area contributed by atoms with Crippen molar-refractivity contribution in [3.8, 4) is 62.9 Å². The van der Waals surface area contributed by atoms with Gasteiger partial charge in [0, 0.05) is 56.0 Å². The monoisotopic (exact) mass is 1220 g/mol. The molecule has 24 nitrogen and oxygen atoms in total. The van der Waals surface area contributed by atoms with Gasteiger partial charge in [-0.3, -0.25) is 28.8 Å². The van der Waals surface area contributed by atoms with E-state index in [1.807, 2.05) is 69.3 Å². The summed E-state index contributed by atoms with van der Waals surface area (Å²) in [7, 11) is 3.17. The third-order valence-corrected chi connectivity index (χ3v) is 19.1. The molecule has 0 atom stereocenters. The molecule has 7 aliphatic rings. The summed E-state index contributed by atoms with van der Waals surface area (Å²) < 4.78 is 21.5. The van der Waals surface area contributed by atoms with Crippen molar-refractivity contribution in [2.24, 2.45) is 33.4 Å². The topological polar surface area (TPSA) is 349 Å². The summed E-state index contributed by atoms with van der Waals surface area (Å²) in [5.41, 5.74) is 40.5. The third kappa shape index (κ3) is 11.9. The number of benzene rings is 3. The second-order valence-corrected chi connectivity index (χ2v) is 25.0. The van der Waals surface area contributed by atoms with Crippen LogP contribution in [0.15, 0.2) is 98.1 Å². The van der Waals surface area contributed by atoms with Crippen molar-refractivity contribution in [1.29, 1.82) is 0 Å². The summed E-state index contributed by atoms with van der Waals surface area (Å²) in [6, 6.07) is 22.3. The molecular formula is C66H77N15O9. The summed E-state index contributed by atoms with van der Waals surface area (Å²) in [4.78, 5) is 77.8. The molecular weight excluding hydrogens is 1150 g/mol. The average molecular weight is 1220 g/mol. The van der Waals surface area contributed by atoms with Crippen molar-refractivity contribution in [2.45, 2.75) is 102 Å². The number of hydrogen-bond acceptors (Lipinski definition) is 15. The quantitative estimate of drug-likeness (QED) is 0.0485. The number of rotatable bonds is 15. The van der Waals surface area contributed by atoms with Crippen LogP contribution in [0.25, 0.3) is 33.8 Å². The molecule has 4 saturated carbocycles. The lowest BCUT2D eigenvalue weighted by atomic mass is 9.65. The van der Waals surface area contributed by atoms with Crippen molar-refractivity contribution in [3.05, 3.63) is 115 Å². The average Bonchev–Trinajstić information content (AvgIpc) is 1.58. The van der Waals surface area contributed by atoms with Gasteiger partial charge in [0.25, 0.3) is 23.6 Å². The van der Waals surface area contributed by atoms with Gasteiger partial charge in [0.2, 0.25) is 11.8 Å². The molecule has 3 aromatic carbocycles. The molecule has 6 heterocycles. The molecule has 3 aliphatic heterocycles. The number of ether oxygens (including phenoxy) is 3. The second kappa shape index (κ2) is 24.5. The van der Waals surface area contributed by atoms with E-state index in [-0.39, 0.29) is 80.4 Å². The first kappa shape index (κ1) is 61.6. The maximum Gasteiger partial charge on any atom is 0.298 e. The van der Waals surface area contributed by atoms with Crippen LogP contribution in [0.1, 0.15) is 127 Å². The Morgan fingerprint density at radius 3 is 1.28 bits per heavy atom. The van der Waals surface area contributed by atoms with E-state index in [0.29, 0.717) is 47.0 Å². The minimum atomic E-state index is -0.607. The van der Waals surface area contributed by atoms with Gasteiger partial charge in [-0.2, -0.15) is 15.3 Å². The van der Waals surface area contributed by atoms with Crippen LogP contribution < -0.4 is 48.6 Å². The standard InChI is InChI=1S/C23H27N5O3.C22H25N5O3.C21H25N5O3/c1-2-18(29)27-10-9-23(13-27)11-15(12-23)28-21(24)19(22(25)30)20(26-28)14-3-5-16(6-4-14)31-17-7-8-17;1-3-4-17(28)26-10-9-22(13-26)11-15(12-22)27-20(23)18(21(24)29)19(25-27)14-5-7-16(30-2)8-6-14;1-3-16(27)25-8-7-21(12-25)10-14(11-21)26-19(22)17(20(23)28)18(24-26)13-5-4-6-15(9-13)29-2/h2-6,15,17H,1,7-13,24H2,(H2,25,30);5-8,15H,9-13,23H2,1-2H3,(H2,24,29);3-6,9,14H,1,7-8,10-12,22H2,2H3,(H2,23,28). The summed E-state index contributed by atoms with van der Waals surface area (Å²) in [6.07, 6.45) is 13.2. The van der Waals surface area contributed by atoms with Gasteiger partial charge in [0.1, 0.15) is 68.5 Å². The molecule has 13 rings (SSSR count). The summed E-state index contributed by atoms with van der Waals surface area (Å²) in [5.74, 6) is 6.37. The Labute approximate surface area is 521 Å². The molecule has 7 fully saturated rings. The highest BCUT2D eigenvalue weighted by Gasteiger charge is 2.53. The summed E-state index contributed by atoms with van der Waals surface area (Å²) >= 11 is 0. The molecule has 90 heavy (non-hydrogen) atoms. The fourth-order valence-corrected chi connectivity index (χ4v) is 14.2. The maximum absolute atomic E-state index is 12.2. The number of methoxy groups -OCH3 is 2. The van der Waals surface area contributed by atoms with Crippen LogP contribution >= 0.6 is 0 Å². The normalized spacial score (nSPS) is 23.4. The number of carbonyl (C=O) groups excluding carboxylic acids is 6. The van der Waals surface area contributed by atoms with Crippen molar-refractivity contribution in [2.75, 3.05) is 70.7 Å². The van der Waals surface area contributed by atoms with Crippen molar-refractivity contribution < 1.29 is 43.0 Å². The van der Waals surface area contributed by atoms with E-state index >= 15 is 0 Å². The fourth-order valence-electron chi connectivity index (χ4n) is 14.2. The van der Waals surface area contributed by atoms with Gasteiger partial charge in [0.15, 0.2) is 0 Å². The Balaban J connectivity index is 0.000000139. The lowest BCUT2D eigenvalue weighted by Gasteiger charge is -2.45. The molecule has 3 aromatic heterocycles. The molecule has 6 amide bonds. The van der Waals surface area contributed by atoms with Gasteiger partial charge in [-0.05, 0) is 173 Å². The highest BCUT2D eigenvalue weighted by Crippen LogP contribution is 2.57. The van der Waals surface area contributed by atoms with E-state index in [2.05, 4.69) is 35.2 Å². The molecule has 470 valence electrons. The van der Waals surface area contributed by atoms with Crippen LogP contribution in [0, 0.1) is 28.1 Å². The zero-order valence-corrected chi connectivity index (χ0v) is 51.0. The van der Waals surface area contributed by atoms with E-state index in [1.165, 1.54) is 12.2 Å². The zero-order chi connectivity index (χ0) is 64.0. The van der Waals surface area contributed by atoms with E-state index in [1.54, 1.807) is 53.4 Å². The second-order valence-electron chi connectivity index (χ2n) is 25.0. The smallest absolute Gasteiger partial charge is 0.298 e. The molecule has 0 bridgehead atoms. The fraction of sp³-hybridized carbons (Fsp3) is 0.409. The highest BCUT2D eigenvalue weighted by atomic mass is 16.5. The number of carbonyl (C=O) groups is 6. The molecule has 3 spiro atoms. The Morgan fingerprint density at radius 1 is 0.533 bits per heavy atom. The molecule has 6 aromatic rings. The Hall–Kier alpha value is -10.1. The van der Waals surface area contributed by atoms with E-state index in [0.717, 1.165) is 126 Å². The predicted molar refractivity (Wildman–Crippen MR) is 338 cm³/mol. The van der Waals surface area contributed by atoms with E-state index < -0.39 is 17.7 Å². The number of nitrogens with two attached hydrogens (primary N) is 6. The van der Waals surface area contributed by atoms with Gasteiger partial charge >= 0.3 is 0 Å².